The Kier molecular flexibility index (Phi) is 5.27. The van der Waals surface area contributed by atoms with Gasteiger partial charge in [-0.25, -0.2) is 9.97 Å². The number of hydrogen-bond donors (Lipinski definition) is 1. The average Bonchev–Trinajstić information content (AvgIpc) is 2.25. The van der Waals surface area contributed by atoms with Gasteiger partial charge in [-0.05, 0) is 45.3 Å². The average molecular weight is 249 g/mol. The van der Waals surface area contributed by atoms with E-state index in [0.717, 1.165) is 36.7 Å². The first-order valence-corrected chi connectivity index (χ1v) is 6.91. The standard InChI is InChI=1S/C15H27N3/c1-7-9-16-10-8-13-11(2)17-14(15(4,5)6)18-12(13)3/h16H,7-10H2,1-6H3. The van der Waals surface area contributed by atoms with Crippen molar-refractivity contribution in [2.24, 2.45) is 0 Å². The lowest BCUT2D eigenvalue weighted by molar-refractivity contribution is 0.538. The minimum absolute atomic E-state index is 0.0223. The fraction of sp³-hybridized carbons (Fsp3) is 0.733. The van der Waals surface area contributed by atoms with Gasteiger partial charge >= 0.3 is 0 Å². The molecule has 1 aromatic rings. The first-order valence-electron chi connectivity index (χ1n) is 6.91. The molecule has 0 radical (unpaired) electrons. The van der Waals surface area contributed by atoms with Crippen molar-refractivity contribution in [1.29, 1.82) is 0 Å². The highest BCUT2D eigenvalue weighted by atomic mass is 14.9. The lowest BCUT2D eigenvalue weighted by Gasteiger charge is -2.19. The van der Waals surface area contributed by atoms with Crippen molar-refractivity contribution in [3.8, 4) is 0 Å². The van der Waals surface area contributed by atoms with Gasteiger partial charge in [0.2, 0.25) is 0 Å². The fourth-order valence-electron chi connectivity index (χ4n) is 1.95. The van der Waals surface area contributed by atoms with Crippen molar-refractivity contribution in [3.63, 3.8) is 0 Å². The second-order valence-electron chi connectivity index (χ2n) is 5.95. The molecule has 18 heavy (non-hydrogen) atoms. The molecule has 0 aliphatic carbocycles. The number of rotatable bonds is 5. The highest BCUT2D eigenvalue weighted by molar-refractivity contribution is 5.26. The Morgan fingerprint density at radius 1 is 1.00 bits per heavy atom. The number of hydrogen-bond acceptors (Lipinski definition) is 3. The van der Waals surface area contributed by atoms with Crippen LogP contribution in [0.15, 0.2) is 0 Å². The van der Waals surface area contributed by atoms with Crippen LogP contribution < -0.4 is 5.32 Å². The largest absolute Gasteiger partial charge is 0.316 e. The van der Waals surface area contributed by atoms with Gasteiger partial charge in [0.1, 0.15) is 5.82 Å². The Bertz CT molecular complexity index is 368. The zero-order valence-corrected chi connectivity index (χ0v) is 12.7. The van der Waals surface area contributed by atoms with E-state index in [1.54, 1.807) is 0 Å². The summed E-state index contributed by atoms with van der Waals surface area (Å²) in [5.41, 5.74) is 3.58. The van der Waals surface area contributed by atoms with Gasteiger partial charge in [0.15, 0.2) is 0 Å². The molecule has 0 fully saturated rings. The Morgan fingerprint density at radius 3 is 2.00 bits per heavy atom. The molecule has 0 aliphatic heterocycles. The van der Waals surface area contributed by atoms with Gasteiger partial charge in [-0.3, -0.25) is 0 Å². The third-order valence-corrected chi connectivity index (χ3v) is 3.07. The number of nitrogens with zero attached hydrogens (tertiary/aromatic N) is 2. The molecule has 3 nitrogen and oxygen atoms in total. The highest BCUT2D eigenvalue weighted by Crippen LogP contribution is 2.21. The van der Waals surface area contributed by atoms with Crippen molar-refractivity contribution in [2.45, 2.75) is 59.8 Å². The molecule has 0 unspecified atom stereocenters. The van der Waals surface area contributed by atoms with Crippen LogP contribution in [-0.4, -0.2) is 23.1 Å². The zero-order chi connectivity index (χ0) is 13.8. The molecular formula is C15H27N3. The molecule has 3 heteroatoms. The fourth-order valence-corrected chi connectivity index (χ4v) is 1.95. The second-order valence-corrected chi connectivity index (χ2v) is 5.95. The van der Waals surface area contributed by atoms with E-state index in [1.807, 2.05) is 0 Å². The summed E-state index contributed by atoms with van der Waals surface area (Å²) in [6, 6.07) is 0. The maximum absolute atomic E-state index is 4.67. The van der Waals surface area contributed by atoms with Gasteiger partial charge < -0.3 is 5.32 Å². The SMILES string of the molecule is CCCNCCc1c(C)nc(C(C)(C)C)nc1C. The van der Waals surface area contributed by atoms with Crippen LogP contribution in [0.4, 0.5) is 0 Å². The molecule has 0 bridgehead atoms. The van der Waals surface area contributed by atoms with Gasteiger partial charge in [-0.1, -0.05) is 27.7 Å². The molecule has 1 aromatic heterocycles. The summed E-state index contributed by atoms with van der Waals surface area (Å²) in [5, 5.41) is 3.43. The van der Waals surface area contributed by atoms with Gasteiger partial charge in [0.05, 0.1) is 0 Å². The van der Waals surface area contributed by atoms with E-state index >= 15 is 0 Å². The number of aromatic nitrogens is 2. The molecule has 0 amide bonds. The van der Waals surface area contributed by atoms with Crippen molar-refractivity contribution in [3.05, 3.63) is 22.8 Å². The minimum atomic E-state index is 0.0223. The monoisotopic (exact) mass is 249 g/mol. The van der Waals surface area contributed by atoms with Crippen LogP contribution in [0.25, 0.3) is 0 Å². The Hall–Kier alpha value is -0.960. The van der Waals surface area contributed by atoms with E-state index < -0.39 is 0 Å². The summed E-state index contributed by atoms with van der Waals surface area (Å²) in [7, 11) is 0. The van der Waals surface area contributed by atoms with Crippen molar-refractivity contribution in [1.82, 2.24) is 15.3 Å². The van der Waals surface area contributed by atoms with E-state index in [0.29, 0.717) is 0 Å². The van der Waals surface area contributed by atoms with Crippen LogP contribution in [0, 0.1) is 13.8 Å². The normalized spacial score (nSPS) is 11.9. The predicted molar refractivity (Wildman–Crippen MR) is 77.1 cm³/mol. The van der Waals surface area contributed by atoms with Crippen LogP contribution in [0.3, 0.4) is 0 Å². The van der Waals surface area contributed by atoms with E-state index in [2.05, 4.69) is 56.8 Å². The smallest absolute Gasteiger partial charge is 0.134 e. The van der Waals surface area contributed by atoms with Crippen LogP contribution in [0.5, 0.6) is 0 Å². The molecular weight excluding hydrogens is 222 g/mol. The van der Waals surface area contributed by atoms with Crippen LogP contribution in [-0.2, 0) is 11.8 Å². The van der Waals surface area contributed by atoms with Gasteiger partial charge in [-0.2, -0.15) is 0 Å². The van der Waals surface area contributed by atoms with Gasteiger partial charge in [-0.15, -0.1) is 0 Å². The third-order valence-electron chi connectivity index (χ3n) is 3.07. The van der Waals surface area contributed by atoms with Crippen LogP contribution in [0.2, 0.25) is 0 Å². The van der Waals surface area contributed by atoms with E-state index in [-0.39, 0.29) is 5.41 Å². The third kappa shape index (κ3) is 4.05. The summed E-state index contributed by atoms with van der Waals surface area (Å²) in [4.78, 5) is 9.33. The maximum atomic E-state index is 4.67. The van der Waals surface area contributed by atoms with Crippen molar-refractivity contribution < 1.29 is 0 Å². The number of nitrogens with one attached hydrogen (secondary N) is 1. The molecule has 1 heterocycles. The summed E-state index contributed by atoms with van der Waals surface area (Å²) in [6.07, 6.45) is 2.19. The second kappa shape index (κ2) is 6.28. The minimum Gasteiger partial charge on any atom is -0.316 e. The molecule has 0 aromatic carbocycles. The Balaban J connectivity index is 2.82. The molecule has 0 saturated heterocycles. The first kappa shape index (κ1) is 15.1. The van der Waals surface area contributed by atoms with Gasteiger partial charge in [0, 0.05) is 16.8 Å². The van der Waals surface area contributed by atoms with Crippen molar-refractivity contribution in [2.75, 3.05) is 13.1 Å². The Labute approximate surface area is 111 Å². The molecule has 0 atom stereocenters. The van der Waals surface area contributed by atoms with E-state index in [1.165, 1.54) is 12.0 Å². The molecule has 1 rings (SSSR count). The molecule has 0 aliphatic rings. The Morgan fingerprint density at radius 2 is 1.56 bits per heavy atom. The molecule has 0 saturated carbocycles. The topological polar surface area (TPSA) is 37.8 Å². The van der Waals surface area contributed by atoms with E-state index in [9.17, 15) is 0 Å². The quantitative estimate of drug-likeness (QED) is 0.815. The first-order chi connectivity index (χ1) is 8.36. The van der Waals surface area contributed by atoms with Crippen molar-refractivity contribution >= 4 is 0 Å². The molecule has 1 N–H and O–H groups in total. The van der Waals surface area contributed by atoms with E-state index in [4.69, 9.17) is 0 Å². The van der Waals surface area contributed by atoms with Gasteiger partial charge in [0.25, 0.3) is 0 Å². The molecule has 102 valence electrons. The summed E-state index contributed by atoms with van der Waals surface area (Å²) < 4.78 is 0. The summed E-state index contributed by atoms with van der Waals surface area (Å²) >= 11 is 0. The zero-order valence-electron chi connectivity index (χ0n) is 12.7. The lowest BCUT2D eigenvalue weighted by atomic mass is 9.95. The lowest BCUT2D eigenvalue weighted by Crippen LogP contribution is -2.21. The maximum Gasteiger partial charge on any atom is 0.134 e. The molecule has 0 spiro atoms. The van der Waals surface area contributed by atoms with Crippen LogP contribution in [0.1, 0.15) is 56.9 Å². The predicted octanol–water partition coefficient (Wildman–Crippen LogP) is 2.93. The highest BCUT2D eigenvalue weighted by Gasteiger charge is 2.19. The number of aryl methyl sites for hydroxylation is 2. The summed E-state index contributed by atoms with van der Waals surface area (Å²) in [6.45, 7) is 14.9. The van der Waals surface area contributed by atoms with Crippen LogP contribution >= 0.6 is 0 Å². The summed E-state index contributed by atoms with van der Waals surface area (Å²) in [5.74, 6) is 0.947.